The van der Waals surface area contributed by atoms with Crippen LogP contribution >= 0.6 is 0 Å². The van der Waals surface area contributed by atoms with E-state index in [2.05, 4.69) is 12.7 Å². The minimum absolute atomic E-state index is 0.285. The lowest BCUT2D eigenvalue weighted by Crippen LogP contribution is -2.40. The zero-order chi connectivity index (χ0) is 19.9. The quantitative estimate of drug-likeness (QED) is 0.397. The number of ether oxygens (including phenoxy) is 1. The second-order valence-corrected chi connectivity index (χ2v) is 7.65. The lowest BCUT2D eigenvalue weighted by molar-refractivity contribution is -0.137. The molecule has 5 nitrogen and oxygen atoms in total. The molecule has 0 aromatic rings. The van der Waals surface area contributed by atoms with E-state index in [0.717, 1.165) is 11.1 Å². The van der Waals surface area contributed by atoms with Crippen molar-refractivity contribution in [1.29, 1.82) is 0 Å². The van der Waals surface area contributed by atoms with Gasteiger partial charge in [-0.15, -0.1) is 0 Å². The van der Waals surface area contributed by atoms with Crippen LogP contribution in [0.15, 0.2) is 35.5 Å². The Labute approximate surface area is 157 Å². The lowest BCUT2D eigenvalue weighted by Gasteiger charge is -2.32. The van der Waals surface area contributed by atoms with E-state index in [1.165, 1.54) is 7.11 Å². The van der Waals surface area contributed by atoms with Crippen LogP contribution in [0.2, 0.25) is 0 Å². The summed E-state index contributed by atoms with van der Waals surface area (Å²) in [5, 5.41) is 31.6. The van der Waals surface area contributed by atoms with Crippen molar-refractivity contribution in [2.24, 2.45) is 5.92 Å². The Morgan fingerprint density at radius 1 is 1.27 bits per heavy atom. The van der Waals surface area contributed by atoms with Crippen LogP contribution in [0.4, 0.5) is 0 Å². The molecule has 3 N–H and O–H groups in total. The monoisotopic (exact) mass is 366 g/mol. The molecule has 148 valence electrons. The zero-order valence-corrected chi connectivity index (χ0v) is 16.5. The summed E-state index contributed by atoms with van der Waals surface area (Å²) in [6.45, 7) is 9.32. The fourth-order valence-corrected chi connectivity index (χ4v) is 3.18. The van der Waals surface area contributed by atoms with Crippen molar-refractivity contribution in [2.45, 2.75) is 77.1 Å². The van der Waals surface area contributed by atoms with Gasteiger partial charge in [0.15, 0.2) is 0 Å². The molecule has 0 aromatic heterocycles. The first kappa shape index (κ1) is 22.6. The Balaban J connectivity index is 3.09. The lowest BCUT2D eigenvalue weighted by atomic mass is 9.81. The molecule has 0 saturated carbocycles. The summed E-state index contributed by atoms with van der Waals surface area (Å²) >= 11 is 0. The van der Waals surface area contributed by atoms with Gasteiger partial charge in [-0.3, -0.25) is 0 Å². The highest BCUT2D eigenvalue weighted by Crippen LogP contribution is 2.30. The van der Waals surface area contributed by atoms with Gasteiger partial charge in [-0.05, 0) is 70.8 Å². The average Bonchev–Trinajstić information content (AvgIpc) is 2.60. The van der Waals surface area contributed by atoms with Crippen LogP contribution in [-0.4, -0.2) is 46.2 Å². The van der Waals surface area contributed by atoms with Crippen molar-refractivity contribution in [2.75, 3.05) is 7.11 Å². The zero-order valence-electron chi connectivity index (χ0n) is 16.5. The largest absolute Gasteiger partial charge is 0.466 e. The van der Waals surface area contributed by atoms with Crippen LogP contribution in [0.1, 0.15) is 59.3 Å². The minimum Gasteiger partial charge on any atom is -0.466 e. The van der Waals surface area contributed by atoms with E-state index in [1.54, 1.807) is 6.92 Å². The molecule has 1 aliphatic rings. The molecule has 0 aromatic carbocycles. The summed E-state index contributed by atoms with van der Waals surface area (Å²) in [6.07, 6.45) is 5.41. The third kappa shape index (κ3) is 6.71. The molecule has 0 spiro atoms. The van der Waals surface area contributed by atoms with Crippen LogP contribution in [0, 0.1) is 5.92 Å². The predicted octanol–water partition coefficient (Wildman–Crippen LogP) is 3.05. The number of rotatable bonds is 2. The highest BCUT2D eigenvalue weighted by Gasteiger charge is 2.32. The highest BCUT2D eigenvalue weighted by molar-refractivity contribution is 5.88. The summed E-state index contributed by atoms with van der Waals surface area (Å²) in [6, 6.07) is 0. The van der Waals surface area contributed by atoms with Gasteiger partial charge in [0, 0.05) is 5.57 Å². The summed E-state index contributed by atoms with van der Waals surface area (Å²) in [5.74, 6) is -0.844. The van der Waals surface area contributed by atoms with Gasteiger partial charge >= 0.3 is 5.97 Å². The number of hydrogen-bond donors (Lipinski definition) is 3. The maximum Gasteiger partial charge on any atom is 0.333 e. The van der Waals surface area contributed by atoms with Gasteiger partial charge in [-0.2, -0.15) is 0 Å². The summed E-state index contributed by atoms with van der Waals surface area (Å²) in [4.78, 5) is 11.9. The van der Waals surface area contributed by atoms with Crippen LogP contribution in [-0.2, 0) is 9.53 Å². The van der Waals surface area contributed by atoms with Crippen molar-refractivity contribution < 1.29 is 24.9 Å². The number of carbonyl (C=O) groups is 1. The van der Waals surface area contributed by atoms with E-state index in [-0.39, 0.29) is 11.5 Å². The van der Waals surface area contributed by atoms with Gasteiger partial charge in [0.1, 0.15) is 0 Å². The molecule has 0 heterocycles. The number of allylic oxidation sites excluding steroid dienone is 3. The Kier molecular flexibility index (Phi) is 8.74. The van der Waals surface area contributed by atoms with Gasteiger partial charge in [0.2, 0.25) is 0 Å². The molecule has 0 aliphatic heterocycles. The molecule has 1 aliphatic carbocycles. The molecule has 0 amide bonds. The molecular weight excluding hydrogens is 332 g/mol. The first-order valence-corrected chi connectivity index (χ1v) is 9.26. The molecule has 0 fully saturated rings. The summed E-state index contributed by atoms with van der Waals surface area (Å²) < 4.78 is 4.77. The molecule has 0 radical (unpaired) electrons. The van der Waals surface area contributed by atoms with E-state index in [0.29, 0.717) is 38.5 Å². The summed E-state index contributed by atoms with van der Waals surface area (Å²) in [7, 11) is 1.30. The number of carbonyl (C=O) groups excluding carboxylic acids is 1. The average molecular weight is 366 g/mol. The number of hydrogen-bond acceptors (Lipinski definition) is 5. The van der Waals surface area contributed by atoms with Crippen molar-refractivity contribution in [3.63, 3.8) is 0 Å². The fourth-order valence-electron chi connectivity index (χ4n) is 3.18. The standard InChI is InChI=1S/C21H34O5/c1-14-7-6-8-15(2)18(22)13-17(16(3)20(24)26-5)11-12-21(4,25)19(23)10-9-14/h7-8,17-19,22-23,25H,3,6,9-13H2,1-2,4-5H3/b14-7-,15-8+/t17-,18+,19+,21-/m1/s1. The number of esters is 1. The van der Waals surface area contributed by atoms with Crippen LogP contribution in [0.25, 0.3) is 0 Å². The van der Waals surface area contributed by atoms with Gasteiger partial charge < -0.3 is 20.1 Å². The van der Waals surface area contributed by atoms with Gasteiger partial charge in [0.05, 0.1) is 24.9 Å². The smallest absolute Gasteiger partial charge is 0.333 e. The number of aliphatic hydroxyl groups is 3. The molecule has 26 heavy (non-hydrogen) atoms. The molecular formula is C21H34O5. The maximum absolute atomic E-state index is 11.9. The molecule has 5 heteroatoms. The van der Waals surface area contributed by atoms with Gasteiger partial charge in [-0.25, -0.2) is 4.79 Å². The normalized spacial score (nSPS) is 36.0. The third-order valence-corrected chi connectivity index (χ3v) is 5.41. The Morgan fingerprint density at radius 2 is 1.92 bits per heavy atom. The van der Waals surface area contributed by atoms with E-state index >= 15 is 0 Å². The van der Waals surface area contributed by atoms with Crippen molar-refractivity contribution >= 4 is 5.97 Å². The second kappa shape index (κ2) is 10.0. The summed E-state index contributed by atoms with van der Waals surface area (Å²) in [5.41, 5.74) is 1.01. The second-order valence-electron chi connectivity index (χ2n) is 7.65. The molecule has 0 unspecified atom stereocenters. The van der Waals surface area contributed by atoms with Gasteiger partial charge in [-0.1, -0.05) is 24.3 Å². The first-order chi connectivity index (χ1) is 12.1. The van der Waals surface area contributed by atoms with Crippen molar-refractivity contribution in [3.05, 3.63) is 35.5 Å². The van der Waals surface area contributed by atoms with E-state index in [1.807, 2.05) is 19.9 Å². The Hall–Kier alpha value is -1.43. The van der Waals surface area contributed by atoms with Crippen LogP contribution in [0.5, 0.6) is 0 Å². The molecule has 0 bridgehead atoms. The Morgan fingerprint density at radius 3 is 2.54 bits per heavy atom. The van der Waals surface area contributed by atoms with E-state index in [4.69, 9.17) is 4.74 Å². The minimum atomic E-state index is -1.27. The SMILES string of the molecule is C=C(C(=O)OC)[C@@H]1CC[C@@](C)(O)[C@@H](O)CC/C(C)=C\C/C=C(\C)[C@@H](O)C1. The van der Waals surface area contributed by atoms with E-state index < -0.39 is 23.8 Å². The molecule has 1 rings (SSSR count). The molecule has 0 saturated heterocycles. The third-order valence-electron chi connectivity index (χ3n) is 5.41. The highest BCUT2D eigenvalue weighted by atomic mass is 16.5. The predicted molar refractivity (Wildman–Crippen MR) is 102 cm³/mol. The van der Waals surface area contributed by atoms with Gasteiger partial charge in [0.25, 0.3) is 0 Å². The van der Waals surface area contributed by atoms with Crippen LogP contribution in [0.3, 0.4) is 0 Å². The maximum atomic E-state index is 11.9. The van der Waals surface area contributed by atoms with Crippen LogP contribution < -0.4 is 0 Å². The fraction of sp³-hybridized carbons (Fsp3) is 0.667. The van der Waals surface area contributed by atoms with Crippen molar-refractivity contribution in [1.82, 2.24) is 0 Å². The van der Waals surface area contributed by atoms with Crippen molar-refractivity contribution in [3.8, 4) is 0 Å². The first-order valence-electron chi connectivity index (χ1n) is 9.26. The molecule has 4 atom stereocenters. The number of aliphatic hydroxyl groups excluding tert-OH is 2. The topological polar surface area (TPSA) is 87.0 Å². The number of methoxy groups -OCH3 is 1. The Bertz CT molecular complexity index is 559. The van der Waals surface area contributed by atoms with E-state index in [9.17, 15) is 20.1 Å².